The van der Waals surface area contributed by atoms with Gasteiger partial charge >= 0.3 is 5.97 Å². The Morgan fingerprint density at radius 1 is 1.38 bits per heavy atom. The van der Waals surface area contributed by atoms with E-state index in [0.717, 1.165) is 5.56 Å². The maximum Gasteiger partial charge on any atom is 0.339 e. The van der Waals surface area contributed by atoms with Crippen LogP contribution >= 0.6 is 0 Å². The minimum atomic E-state index is -1.16. The van der Waals surface area contributed by atoms with Crippen molar-refractivity contribution < 1.29 is 24.0 Å². The molecule has 0 fully saturated rings. The molecule has 2 heterocycles. The van der Waals surface area contributed by atoms with Gasteiger partial charge in [0.05, 0.1) is 10.6 Å². The molecule has 0 unspecified atom stereocenters. The minimum absolute atomic E-state index is 0.0423. The lowest BCUT2D eigenvalue weighted by Gasteiger charge is -2.15. The molecule has 124 valence electrons. The molecule has 0 aliphatic carbocycles. The highest BCUT2D eigenvalue weighted by atomic mass is 16.6. The molecule has 0 radical (unpaired) electrons. The van der Waals surface area contributed by atoms with Crippen molar-refractivity contribution in [2.24, 2.45) is 0 Å². The zero-order chi connectivity index (χ0) is 17.4. The Bertz CT molecular complexity index is 854. The van der Waals surface area contributed by atoms with Crippen molar-refractivity contribution in [3.63, 3.8) is 0 Å². The highest BCUT2D eigenvalue weighted by Crippen LogP contribution is 2.33. The van der Waals surface area contributed by atoms with E-state index in [0.29, 0.717) is 25.1 Å². The van der Waals surface area contributed by atoms with Gasteiger partial charge in [0.25, 0.3) is 11.6 Å². The molecule has 2 aromatic rings. The topological polar surface area (TPSA) is 114 Å². The number of carbonyl (C=O) groups is 2. The number of carboxylic acids is 1. The van der Waals surface area contributed by atoms with E-state index in [1.54, 1.807) is 13.0 Å². The lowest BCUT2D eigenvalue weighted by atomic mass is 10.1. The van der Waals surface area contributed by atoms with Crippen molar-refractivity contribution in [3.05, 3.63) is 57.0 Å². The average Bonchev–Trinajstić information content (AvgIpc) is 3.17. The molecule has 0 spiro atoms. The highest BCUT2D eigenvalue weighted by Gasteiger charge is 2.30. The Labute approximate surface area is 136 Å². The van der Waals surface area contributed by atoms with Gasteiger partial charge in [-0.15, -0.1) is 0 Å². The number of aromatic carboxylic acids is 1. The Morgan fingerprint density at radius 3 is 2.71 bits per heavy atom. The zero-order valence-corrected chi connectivity index (χ0v) is 12.8. The van der Waals surface area contributed by atoms with Crippen molar-refractivity contribution in [3.8, 4) is 0 Å². The zero-order valence-electron chi connectivity index (χ0n) is 12.8. The summed E-state index contributed by atoms with van der Waals surface area (Å²) in [6, 6.07) is 5.58. The molecular weight excluding hydrogens is 316 g/mol. The van der Waals surface area contributed by atoms with Crippen molar-refractivity contribution in [1.29, 1.82) is 0 Å². The molecular formula is C16H14N2O6. The smallest absolute Gasteiger partial charge is 0.339 e. The van der Waals surface area contributed by atoms with Gasteiger partial charge in [0.2, 0.25) is 0 Å². The largest absolute Gasteiger partial charge is 0.478 e. The number of nitrogens with zero attached hydrogens (tertiary/aromatic N) is 2. The van der Waals surface area contributed by atoms with Crippen LogP contribution in [0.3, 0.4) is 0 Å². The normalized spacial score (nSPS) is 13.0. The molecule has 1 aliphatic rings. The summed E-state index contributed by atoms with van der Waals surface area (Å²) in [7, 11) is 0. The van der Waals surface area contributed by atoms with E-state index >= 15 is 0 Å². The van der Waals surface area contributed by atoms with E-state index < -0.39 is 16.8 Å². The van der Waals surface area contributed by atoms with Crippen LogP contribution in [-0.2, 0) is 12.8 Å². The number of fused-ring (bicyclic) bond motifs is 1. The van der Waals surface area contributed by atoms with Crippen LogP contribution in [0.2, 0.25) is 0 Å². The maximum absolute atomic E-state index is 12.7. The minimum Gasteiger partial charge on any atom is -0.478 e. The van der Waals surface area contributed by atoms with Crippen LogP contribution in [0.5, 0.6) is 0 Å². The number of nitro groups is 1. The monoisotopic (exact) mass is 330 g/mol. The molecule has 1 aromatic carbocycles. The number of carbonyl (C=O) groups excluding carboxylic acids is 1. The number of nitro benzene ring substituents is 1. The fourth-order valence-corrected chi connectivity index (χ4v) is 2.80. The van der Waals surface area contributed by atoms with E-state index in [1.807, 2.05) is 0 Å². The van der Waals surface area contributed by atoms with Gasteiger partial charge in [-0.3, -0.25) is 14.9 Å². The molecule has 24 heavy (non-hydrogen) atoms. The number of furan rings is 1. The van der Waals surface area contributed by atoms with Crippen LogP contribution in [0.15, 0.2) is 28.7 Å². The molecule has 8 heteroatoms. The number of non-ortho nitro benzene ring substituents is 1. The van der Waals surface area contributed by atoms with Gasteiger partial charge in [-0.25, -0.2) is 4.79 Å². The summed E-state index contributed by atoms with van der Waals surface area (Å²) in [5.41, 5.74) is 1.14. The first-order valence-electron chi connectivity index (χ1n) is 7.37. The van der Waals surface area contributed by atoms with Crippen LogP contribution in [0.4, 0.5) is 11.4 Å². The van der Waals surface area contributed by atoms with Crippen LogP contribution in [-0.4, -0.2) is 28.5 Å². The molecule has 1 N–H and O–H groups in total. The predicted octanol–water partition coefficient (Wildman–Crippen LogP) is 2.65. The van der Waals surface area contributed by atoms with Crippen LogP contribution in [0, 0.1) is 10.1 Å². The quantitative estimate of drug-likeness (QED) is 0.681. The molecule has 1 aromatic heterocycles. The summed E-state index contributed by atoms with van der Waals surface area (Å²) >= 11 is 0. The summed E-state index contributed by atoms with van der Waals surface area (Å²) in [5, 5.41) is 20.1. The highest BCUT2D eigenvalue weighted by molar-refractivity contribution is 6.07. The number of aryl methyl sites for hydroxylation is 1. The summed E-state index contributed by atoms with van der Waals surface area (Å²) < 4.78 is 5.39. The van der Waals surface area contributed by atoms with Gasteiger partial charge in [-0.2, -0.15) is 0 Å². The van der Waals surface area contributed by atoms with Crippen molar-refractivity contribution in [2.75, 3.05) is 11.4 Å². The van der Waals surface area contributed by atoms with Crippen LogP contribution in [0.25, 0.3) is 0 Å². The van der Waals surface area contributed by atoms with Crippen LogP contribution < -0.4 is 4.90 Å². The summed E-state index contributed by atoms with van der Waals surface area (Å²) in [4.78, 5) is 35.6. The van der Waals surface area contributed by atoms with Gasteiger partial charge in [0.15, 0.2) is 5.76 Å². The second-order valence-electron chi connectivity index (χ2n) is 5.38. The standard InChI is InChI=1S/C16H14N2O6/c1-2-13-11(16(20)21)8-14(24-13)15(19)17-6-5-9-3-4-10(18(22)23)7-12(9)17/h3-4,7-8H,2,5-6H2,1H3,(H,20,21). The summed E-state index contributed by atoms with van der Waals surface area (Å²) in [6.07, 6.45) is 0.920. The number of rotatable bonds is 4. The number of carboxylic acid groups (broad SMARTS) is 1. The van der Waals surface area contributed by atoms with E-state index in [9.17, 15) is 19.7 Å². The number of anilines is 1. The third-order valence-electron chi connectivity index (χ3n) is 3.99. The van der Waals surface area contributed by atoms with Gasteiger partial charge in [-0.05, 0) is 12.0 Å². The van der Waals surface area contributed by atoms with Gasteiger partial charge < -0.3 is 14.4 Å². The molecule has 3 rings (SSSR count). The Hall–Kier alpha value is -3.16. The second-order valence-corrected chi connectivity index (χ2v) is 5.38. The van der Waals surface area contributed by atoms with Gasteiger partial charge in [0, 0.05) is 31.2 Å². The predicted molar refractivity (Wildman–Crippen MR) is 83.5 cm³/mol. The van der Waals surface area contributed by atoms with Crippen molar-refractivity contribution >= 4 is 23.3 Å². The first kappa shape index (κ1) is 15.7. The van der Waals surface area contributed by atoms with E-state index in [4.69, 9.17) is 9.52 Å². The Balaban J connectivity index is 1.97. The maximum atomic E-state index is 12.7. The summed E-state index contributed by atoms with van der Waals surface area (Å²) in [6.45, 7) is 2.09. The molecule has 0 saturated heterocycles. The van der Waals surface area contributed by atoms with Crippen LogP contribution in [0.1, 0.15) is 39.2 Å². The fourth-order valence-electron chi connectivity index (χ4n) is 2.80. The van der Waals surface area contributed by atoms with Gasteiger partial charge in [0.1, 0.15) is 11.3 Å². The Morgan fingerprint density at radius 2 is 2.12 bits per heavy atom. The van der Waals surface area contributed by atoms with Crippen molar-refractivity contribution in [2.45, 2.75) is 19.8 Å². The third-order valence-corrected chi connectivity index (χ3v) is 3.99. The third kappa shape index (κ3) is 2.51. The van der Waals surface area contributed by atoms with E-state index in [-0.39, 0.29) is 22.8 Å². The number of amides is 1. The number of benzene rings is 1. The van der Waals surface area contributed by atoms with Crippen molar-refractivity contribution in [1.82, 2.24) is 0 Å². The molecule has 1 amide bonds. The molecule has 0 saturated carbocycles. The fraction of sp³-hybridized carbons (Fsp3) is 0.250. The SMILES string of the molecule is CCc1oc(C(=O)N2CCc3ccc([N+](=O)[O-])cc32)cc1C(=O)O. The molecule has 8 nitrogen and oxygen atoms in total. The second kappa shape index (κ2) is 5.80. The molecule has 1 aliphatic heterocycles. The van der Waals surface area contributed by atoms with Gasteiger partial charge in [-0.1, -0.05) is 13.0 Å². The lowest BCUT2D eigenvalue weighted by Crippen LogP contribution is -2.28. The first-order chi connectivity index (χ1) is 11.4. The van der Waals surface area contributed by atoms with E-state index in [2.05, 4.69) is 0 Å². The molecule has 0 atom stereocenters. The Kier molecular flexibility index (Phi) is 3.80. The molecule has 0 bridgehead atoms. The lowest BCUT2D eigenvalue weighted by molar-refractivity contribution is -0.384. The first-order valence-corrected chi connectivity index (χ1v) is 7.37. The average molecular weight is 330 g/mol. The van der Waals surface area contributed by atoms with E-state index in [1.165, 1.54) is 23.1 Å². The number of hydrogen-bond acceptors (Lipinski definition) is 5. The number of hydrogen-bond donors (Lipinski definition) is 1. The summed E-state index contributed by atoms with van der Waals surface area (Å²) in [5.74, 6) is -1.52.